The number of carbonyl (C=O) groups is 2. The second-order valence-corrected chi connectivity index (χ2v) is 8.31. The minimum Gasteiger partial charge on any atom is -0.462 e. The second-order valence-electron chi connectivity index (χ2n) is 8.31. The van der Waals surface area contributed by atoms with Gasteiger partial charge in [-0.1, -0.05) is 49.1 Å². The monoisotopic (exact) mass is 462 g/mol. The Morgan fingerprint density at radius 3 is 2.35 bits per heavy atom. The largest absolute Gasteiger partial charge is 0.462 e. The van der Waals surface area contributed by atoms with Gasteiger partial charge in [0.15, 0.2) is 0 Å². The molecule has 0 unspecified atom stereocenters. The molecule has 3 rings (SSSR count). The van der Waals surface area contributed by atoms with Gasteiger partial charge >= 0.3 is 5.97 Å². The molecule has 180 valence electrons. The van der Waals surface area contributed by atoms with Crippen molar-refractivity contribution in [2.75, 3.05) is 32.8 Å². The van der Waals surface area contributed by atoms with Gasteiger partial charge in [-0.2, -0.15) is 0 Å². The molecule has 0 saturated carbocycles. The normalized spacial score (nSPS) is 13.9. The minimum atomic E-state index is -0.339. The van der Waals surface area contributed by atoms with E-state index in [-0.39, 0.29) is 11.9 Å². The maximum atomic E-state index is 13.0. The Morgan fingerprint density at radius 2 is 1.74 bits per heavy atom. The summed E-state index contributed by atoms with van der Waals surface area (Å²) < 4.78 is 7.30. The molecular weight excluding hydrogens is 428 g/mol. The van der Waals surface area contributed by atoms with Crippen LogP contribution in [0.4, 0.5) is 0 Å². The Kier molecular flexibility index (Phi) is 8.46. The number of hydrogen-bond acceptors (Lipinski definition) is 5. The molecule has 0 atom stereocenters. The first-order valence-electron chi connectivity index (χ1n) is 11.7. The SMILES string of the molecule is C=CC=NC(=C)N1CCN(C(=O)CCn2c(-c3ccc(C)cc3)cc(C(=O)OCC)c2C)CC1. The number of benzene rings is 1. The predicted octanol–water partition coefficient (Wildman–Crippen LogP) is 4.21. The van der Waals surface area contributed by atoms with Crippen molar-refractivity contribution in [1.29, 1.82) is 0 Å². The van der Waals surface area contributed by atoms with E-state index in [4.69, 9.17) is 4.74 Å². The van der Waals surface area contributed by atoms with Gasteiger partial charge < -0.3 is 19.1 Å². The molecule has 1 amide bonds. The number of nitrogens with zero attached hydrogens (tertiary/aromatic N) is 4. The summed E-state index contributed by atoms with van der Waals surface area (Å²) in [5.74, 6) is 0.443. The number of aromatic nitrogens is 1. The third-order valence-corrected chi connectivity index (χ3v) is 6.08. The van der Waals surface area contributed by atoms with E-state index in [9.17, 15) is 9.59 Å². The molecule has 0 bridgehead atoms. The number of amides is 1. The summed E-state index contributed by atoms with van der Waals surface area (Å²) in [5.41, 5.74) is 4.43. The Balaban J connectivity index is 1.72. The van der Waals surface area contributed by atoms with E-state index in [2.05, 4.69) is 27.6 Å². The smallest absolute Gasteiger partial charge is 0.339 e. The number of aryl methyl sites for hydroxylation is 1. The number of ether oxygens (including phenoxy) is 1. The second kappa shape index (κ2) is 11.5. The number of piperazine rings is 1. The van der Waals surface area contributed by atoms with Crippen LogP contribution in [0.15, 0.2) is 60.4 Å². The number of carbonyl (C=O) groups excluding carboxylic acids is 2. The number of allylic oxidation sites excluding steroid dienone is 1. The van der Waals surface area contributed by atoms with Crippen LogP contribution in [0, 0.1) is 13.8 Å². The zero-order valence-electron chi connectivity index (χ0n) is 20.4. The van der Waals surface area contributed by atoms with Crippen LogP contribution in [0.1, 0.15) is 35.0 Å². The molecule has 7 nitrogen and oxygen atoms in total. The first-order valence-corrected chi connectivity index (χ1v) is 11.7. The van der Waals surface area contributed by atoms with Crippen LogP contribution in [0.5, 0.6) is 0 Å². The molecule has 2 heterocycles. The van der Waals surface area contributed by atoms with Crippen molar-refractivity contribution in [3.63, 3.8) is 0 Å². The van der Waals surface area contributed by atoms with Crippen molar-refractivity contribution in [1.82, 2.24) is 14.4 Å². The van der Waals surface area contributed by atoms with Crippen molar-refractivity contribution in [2.45, 2.75) is 33.7 Å². The van der Waals surface area contributed by atoms with E-state index in [1.807, 2.05) is 49.1 Å². The van der Waals surface area contributed by atoms with Crippen molar-refractivity contribution in [3.8, 4) is 11.3 Å². The van der Waals surface area contributed by atoms with Crippen LogP contribution in [0.25, 0.3) is 11.3 Å². The van der Waals surface area contributed by atoms with Crippen molar-refractivity contribution < 1.29 is 14.3 Å². The number of rotatable bonds is 9. The molecule has 7 heteroatoms. The minimum absolute atomic E-state index is 0.0977. The van der Waals surface area contributed by atoms with E-state index in [0.29, 0.717) is 57.1 Å². The number of hydrogen-bond donors (Lipinski definition) is 0. The lowest BCUT2D eigenvalue weighted by Crippen LogP contribution is -2.48. The zero-order valence-corrected chi connectivity index (χ0v) is 20.4. The van der Waals surface area contributed by atoms with E-state index in [0.717, 1.165) is 22.5 Å². The lowest BCUT2D eigenvalue weighted by Gasteiger charge is -2.35. The Labute approximate surface area is 202 Å². The van der Waals surface area contributed by atoms with Gasteiger partial charge in [-0.05, 0) is 32.4 Å². The van der Waals surface area contributed by atoms with Crippen LogP contribution in [-0.2, 0) is 16.1 Å². The van der Waals surface area contributed by atoms with E-state index in [1.165, 1.54) is 0 Å². The predicted molar refractivity (Wildman–Crippen MR) is 136 cm³/mol. The van der Waals surface area contributed by atoms with Gasteiger partial charge in [0.25, 0.3) is 0 Å². The lowest BCUT2D eigenvalue weighted by molar-refractivity contribution is -0.132. The fourth-order valence-corrected chi connectivity index (χ4v) is 4.11. The van der Waals surface area contributed by atoms with Crippen LogP contribution in [0.3, 0.4) is 0 Å². The Morgan fingerprint density at radius 1 is 1.09 bits per heavy atom. The Bertz CT molecular complexity index is 1070. The summed E-state index contributed by atoms with van der Waals surface area (Å²) in [4.78, 5) is 33.7. The summed E-state index contributed by atoms with van der Waals surface area (Å²) in [5, 5.41) is 0. The Hall–Kier alpha value is -3.61. The molecular formula is C27H34N4O3. The maximum absolute atomic E-state index is 13.0. The molecule has 0 N–H and O–H groups in total. The molecule has 1 aliphatic heterocycles. The molecule has 1 aromatic heterocycles. The highest BCUT2D eigenvalue weighted by Gasteiger charge is 2.23. The first kappa shape index (κ1) is 25.0. The standard InChI is InChI=1S/C27H34N4O3/c1-6-13-28-22(5)29-15-17-30(18-16-29)26(32)12-14-31-21(4)24(27(33)34-7-2)19-25(31)23-10-8-20(3)9-11-23/h6,8-11,13,19H,1,5,7,12,14-18H2,2-4H3. The van der Waals surface area contributed by atoms with Crippen LogP contribution < -0.4 is 0 Å². The highest BCUT2D eigenvalue weighted by Crippen LogP contribution is 2.27. The fourth-order valence-electron chi connectivity index (χ4n) is 4.11. The summed E-state index contributed by atoms with van der Waals surface area (Å²) in [6.07, 6.45) is 3.59. The summed E-state index contributed by atoms with van der Waals surface area (Å²) in [6, 6.07) is 10.0. The van der Waals surface area contributed by atoms with Gasteiger partial charge in [0, 0.05) is 56.7 Å². The van der Waals surface area contributed by atoms with Crippen molar-refractivity contribution in [3.05, 3.63) is 72.2 Å². The van der Waals surface area contributed by atoms with Crippen molar-refractivity contribution >= 4 is 18.1 Å². The average Bonchev–Trinajstić information content (AvgIpc) is 3.17. The highest BCUT2D eigenvalue weighted by molar-refractivity contribution is 5.92. The summed E-state index contributed by atoms with van der Waals surface area (Å²) in [7, 11) is 0. The van der Waals surface area contributed by atoms with Gasteiger partial charge in [-0.3, -0.25) is 4.79 Å². The molecule has 1 fully saturated rings. The summed E-state index contributed by atoms with van der Waals surface area (Å²) in [6.45, 7) is 16.8. The molecule has 0 spiro atoms. The van der Waals surface area contributed by atoms with E-state index < -0.39 is 0 Å². The maximum Gasteiger partial charge on any atom is 0.339 e. The van der Waals surface area contributed by atoms with Gasteiger partial charge in [-0.25, -0.2) is 9.79 Å². The van der Waals surface area contributed by atoms with Gasteiger partial charge in [-0.15, -0.1) is 0 Å². The van der Waals surface area contributed by atoms with Crippen LogP contribution in [0.2, 0.25) is 0 Å². The molecule has 34 heavy (non-hydrogen) atoms. The van der Waals surface area contributed by atoms with E-state index in [1.54, 1.807) is 19.2 Å². The topological polar surface area (TPSA) is 67.1 Å². The van der Waals surface area contributed by atoms with Crippen LogP contribution in [-0.4, -0.2) is 65.2 Å². The first-order chi connectivity index (χ1) is 16.3. The molecule has 1 aromatic carbocycles. The molecule has 2 aromatic rings. The molecule has 0 radical (unpaired) electrons. The molecule has 1 saturated heterocycles. The van der Waals surface area contributed by atoms with E-state index >= 15 is 0 Å². The highest BCUT2D eigenvalue weighted by atomic mass is 16.5. The number of aliphatic imine (C=N–C) groups is 1. The van der Waals surface area contributed by atoms with Gasteiger partial charge in [0.1, 0.15) is 5.82 Å². The van der Waals surface area contributed by atoms with Gasteiger partial charge in [0.05, 0.1) is 12.2 Å². The molecule has 0 aliphatic carbocycles. The fraction of sp³-hybridized carbons (Fsp3) is 0.370. The summed E-state index contributed by atoms with van der Waals surface area (Å²) >= 11 is 0. The third kappa shape index (κ3) is 5.84. The van der Waals surface area contributed by atoms with Crippen molar-refractivity contribution in [2.24, 2.45) is 4.99 Å². The number of esters is 1. The van der Waals surface area contributed by atoms with Gasteiger partial charge in [0.2, 0.25) is 5.91 Å². The quantitative estimate of drug-likeness (QED) is 0.414. The third-order valence-electron chi connectivity index (χ3n) is 6.08. The van der Waals surface area contributed by atoms with Crippen LogP contribution >= 0.6 is 0 Å². The lowest BCUT2D eigenvalue weighted by atomic mass is 10.1. The average molecular weight is 463 g/mol. The molecule has 1 aliphatic rings. The zero-order chi connectivity index (χ0) is 24.7.